The number of tetrazole rings is 1. The molecule has 1 aromatic carbocycles. The second kappa shape index (κ2) is 5.04. The van der Waals surface area contributed by atoms with Crippen molar-refractivity contribution < 1.29 is 5.21 Å². The topological polar surface area (TPSA) is 118 Å². The van der Waals surface area contributed by atoms with E-state index in [1.165, 1.54) is 0 Å². The maximum absolute atomic E-state index is 8.66. The number of oxime groups is 1. The highest BCUT2D eigenvalue weighted by Gasteiger charge is 2.11. The van der Waals surface area contributed by atoms with Crippen molar-refractivity contribution in [2.75, 3.05) is 11.9 Å². The van der Waals surface area contributed by atoms with Crippen LogP contribution in [0.1, 0.15) is 5.56 Å². The summed E-state index contributed by atoms with van der Waals surface area (Å²) < 4.78 is 1.59. The Morgan fingerprint density at radius 2 is 2.05 bits per heavy atom. The zero-order valence-electron chi connectivity index (χ0n) is 11.1. The van der Waals surface area contributed by atoms with Gasteiger partial charge in [0.15, 0.2) is 17.3 Å². The minimum absolute atomic E-state index is 0.0634. The molecule has 0 unspecified atom stereocenters. The van der Waals surface area contributed by atoms with Crippen molar-refractivity contribution in [3.05, 3.63) is 42.2 Å². The molecule has 9 heteroatoms. The Hall–Kier alpha value is -3.23. The molecule has 0 saturated carbocycles. The van der Waals surface area contributed by atoms with Gasteiger partial charge in [-0.25, -0.2) is 0 Å². The van der Waals surface area contributed by atoms with Crippen LogP contribution in [0.3, 0.4) is 0 Å². The lowest BCUT2D eigenvalue weighted by Crippen LogP contribution is -2.16. The number of benzene rings is 1. The molecule has 0 spiro atoms. The second-order valence-corrected chi connectivity index (χ2v) is 4.31. The van der Waals surface area contributed by atoms with Crippen LogP contribution >= 0.6 is 0 Å². The van der Waals surface area contributed by atoms with Crippen LogP contribution in [-0.4, -0.2) is 43.1 Å². The molecule has 0 radical (unpaired) electrons. The van der Waals surface area contributed by atoms with Gasteiger partial charge in [0.1, 0.15) is 0 Å². The number of nitrogens with zero attached hydrogens (tertiary/aromatic N) is 7. The molecule has 2 heterocycles. The molecule has 106 valence electrons. The first-order valence-electron chi connectivity index (χ1n) is 6.04. The molecule has 3 aromatic rings. The van der Waals surface area contributed by atoms with E-state index in [0.717, 1.165) is 5.69 Å². The smallest absolute Gasteiger partial charge is 0.199 e. The van der Waals surface area contributed by atoms with E-state index in [1.807, 2.05) is 24.1 Å². The molecule has 21 heavy (non-hydrogen) atoms. The van der Waals surface area contributed by atoms with Gasteiger partial charge >= 0.3 is 0 Å². The van der Waals surface area contributed by atoms with E-state index in [-0.39, 0.29) is 5.84 Å². The zero-order chi connectivity index (χ0) is 14.8. The van der Waals surface area contributed by atoms with Crippen LogP contribution in [-0.2, 0) is 0 Å². The van der Waals surface area contributed by atoms with E-state index in [9.17, 15) is 0 Å². The molecule has 0 atom stereocenters. The predicted octanol–water partition coefficient (Wildman–Crippen LogP) is 0.382. The fourth-order valence-corrected chi connectivity index (χ4v) is 1.94. The third-order valence-electron chi connectivity index (χ3n) is 3.09. The Morgan fingerprint density at radius 1 is 1.29 bits per heavy atom. The molecular weight excluding hydrogens is 272 g/mol. The number of hydrogen-bond donors (Lipinski definition) is 2. The number of hydrogen-bond acceptors (Lipinski definition) is 7. The lowest BCUT2D eigenvalue weighted by atomic mass is 10.2. The van der Waals surface area contributed by atoms with Crippen molar-refractivity contribution in [3.8, 4) is 0 Å². The van der Waals surface area contributed by atoms with E-state index in [0.29, 0.717) is 17.0 Å². The molecule has 0 aliphatic heterocycles. The average Bonchev–Trinajstić information content (AvgIpc) is 3.02. The SMILES string of the molecule is CN(c1ccc(C(N)=NO)cc1)c1cncc2nnnn12. The van der Waals surface area contributed by atoms with E-state index >= 15 is 0 Å². The van der Waals surface area contributed by atoms with Crippen LogP contribution in [0.2, 0.25) is 0 Å². The van der Waals surface area contributed by atoms with Crippen LogP contribution in [0.25, 0.3) is 5.65 Å². The van der Waals surface area contributed by atoms with Gasteiger partial charge in [-0.05, 0) is 34.7 Å². The van der Waals surface area contributed by atoms with Crippen molar-refractivity contribution in [3.63, 3.8) is 0 Å². The molecule has 0 aliphatic carbocycles. The summed E-state index contributed by atoms with van der Waals surface area (Å²) >= 11 is 0. The maximum atomic E-state index is 8.66. The Morgan fingerprint density at radius 3 is 2.76 bits per heavy atom. The van der Waals surface area contributed by atoms with Crippen molar-refractivity contribution in [1.29, 1.82) is 0 Å². The first-order valence-corrected chi connectivity index (χ1v) is 6.04. The Balaban J connectivity index is 1.98. The van der Waals surface area contributed by atoms with Gasteiger partial charge in [-0.2, -0.15) is 4.52 Å². The molecule has 2 aromatic heterocycles. The number of amidine groups is 1. The number of fused-ring (bicyclic) bond motifs is 1. The van der Waals surface area contributed by atoms with Crippen LogP contribution in [0.5, 0.6) is 0 Å². The van der Waals surface area contributed by atoms with Gasteiger partial charge in [0, 0.05) is 18.3 Å². The van der Waals surface area contributed by atoms with Gasteiger partial charge in [-0.1, -0.05) is 5.16 Å². The van der Waals surface area contributed by atoms with Gasteiger partial charge in [0.25, 0.3) is 0 Å². The summed E-state index contributed by atoms with van der Waals surface area (Å²) in [6.07, 6.45) is 3.25. The summed E-state index contributed by atoms with van der Waals surface area (Å²) in [6, 6.07) is 7.20. The van der Waals surface area contributed by atoms with Crippen molar-refractivity contribution >= 4 is 23.0 Å². The molecule has 3 rings (SSSR count). The third kappa shape index (κ3) is 2.20. The molecular formula is C12H12N8O. The summed E-state index contributed by atoms with van der Waals surface area (Å²) in [7, 11) is 1.87. The van der Waals surface area contributed by atoms with Crippen LogP contribution in [0, 0.1) is 0 Å². The molecule has 0 saturated heterocycles. The minimum atomic E-state index is 0.0634. The maximum Gasteiger partial charge on any atom is 0.199 e. The highest BCUT2D eigenvalue weighted by Crippen LogP contribution is 2.22. The first-order chi connectivity index (χ1) is 10.2. The summed E-state index contributed by atoms with van der Waals surface area (Å²) in [6.45, 7) is 0. The zero-order valence-corrected chi connectivity index (χ0v) is 11.1. The molecule has 3 N–H and O–H groups in total. The van der Waals surface area contributed by atoms with E-state index in [1.54, 1.807) is 29.0 Å². The Bertz CT molecular complexity index is 794. The van der Waals surface area contributed by atoms with Gasteiger partial charge < -0.3 is 15.8 Å². The fraction of sp³-hybridized carbons (Fsp3) is 0.0833. The normalized spacial score (nSPS) is 11.8. The quantitative estimate of drug-likeness (QED) is 0.309. The second-order valence-electron chi connectivity index (χ2n) is 4.31. The molecule has 9 nitrogen and oxygen atoms in total. The van der Waals surface area contributed by atoms with E-state index in [2.05, 4.69) is 25.7 Å². The Labute approximate surface area is 119 Å². The van der Waals surface area contributed by atoms with Crippen molar-refractivity contribution in [2.45, 2.75) is 0 Å². The third-order valence-corrected chi connectivity index (χ3v) is 3.09. The van der Waals surface area contributed by atoms with Gasteiger partial charge in [-0.15, -0.1) is 5.10 Å². The number of anilines is 2. The van der Waals surface area contributed by atoms with Crippen molar-refractivity contribution in [1.82, 2.24) is 25.0 Å². The summed E-state index contributed by atoms with van der Waals surface area (Å²) in [5.41, 5.74) is 7.62. The van der Waals surface area contributed by atoms with E-state index in [4.69, 9.17) is 10.9 Å². The summed E-state index contributed by atoms with van der Waals surface area (Å²) in [5, 5.41) is 23.0. The van der Waals surface area contributed by atoms with Gasteiger partial charge in [-0.3, -0.25) is 4.98 Å². The van der Waals surface area contributed by atoms with Crippen LogP contribution in [0.4, 0.5) is 11.5 Å². The average molecular weight is 284 g/mol. The summed E-state index contributed by atoms with van der Waals surface area (Å²) in [5.74, 6) is 0.780. The predicted molar refractivity (Wildman–Crippen MR) is 75.6 cm³/mol. The Kier molecular flexibility index (Phi) is 3.07. The lowest BCUT2D eigenvalue weighted by Gasteiger charge is -2.19. The molecule has 0 amide bonds. The minimum Gasteiger partial charge on any atom is -0.409 e. The van der Waals surface area contributed by atoms with E-state index < -0.39 is 0 Å². The molecule has 0 fully saturated rings. The van der Waals surface area contributed by atoms with Crippen molar-refractivity contribution in [2.24, 2.45) is 10.9 Å². The standard InChI is InChI=1S/C12H12N8O/c1-19(9-4-2-8(3-5-9)12(13)16-21)11-7-14-6-10-15-17-18-20(10)11/h2-7,21H,1H3,(H2,13,16). The fourth-order valence-electron chi connectivity index (χ4n) is 1.94. The monoisotopic (exact) mass is 284 g/mol. The number of rotatable bonds is 3. The first kappa shape index (κ1) is 12.8. The highest BCUT2D eigenvalue weighted by atomic mass is 16.4. The van der Waals surface area contributed by atoms with Crippen LogP contribution < -0.4 is 10.6 Å². The molecule has 0 aliphatic rings. The van der Waals surface area contributed by atoms with Gasteiger partial charge in [0.05, 0.1) is 12.4 Å². The lowest BCUT2D eigenvalue weighted by molar-refractivity contribution is 0.318. The molecule has 0 bridgehead atoms. The van der Waals surface area contributed by atoms with Gasteiger partial charge in [0.2, 0.25) is 0 Å². The largest absolute Gasteiger partial charge is 0.409 e. The highest BCUT2D eigenvalue weighted by molar-refractivity contribution is 5.97. The van der Waals surface area contributed by atoms with Crippen LogP contribution in [0.15, 0.2) is 41.8 Å². The number of nitrogens with two attached hydrogens (primary N) is 1. The number of aromatic nitrogens is 5. The summed E-state index contributed by atoms with van der Waals surface area (Å²) in [4.78, 5) is 5.99.